The summed E-state index contributed by atoms with van der Waals surface area (Å²) in [6.07, 6.45) is 0.761. The number of carbonyl (C=O) groups is 1. The first kappa shape index (κ1) is 23.6. The van der Waals surface area contributed by atoms with Crippen molar-refractivity contribution in [3.05, 3.63) is 89.2 Å². The molecule has 3 aromatic carbocycles. The first-order valence-corrected chi connectivity index (χ1v) is 11.7. The highest BCUT2D eigenvalue weighted by atomic mass is 19.1. The molecule has 0 radical (unpaired) electrons. The lowest BCUT2D eigenvalue weighted by Gasteiger charge is -2.37. The Labute approximate surface area is 200 Å². The van der Waals surface area contributed by atoms with Gasteiger partial charge in [-0.15, -0.1) is 0 Å². The highest BCUT2D eigenvalue weighted by Crippen LogP contribution is 2.34. The standard InChI is InChI=1S/C28H30FNO4/c1-4-32-23-8-10-24(11-9-23)33-18-27-26-13-12-25(34-19(2)3)17-20(26)14-15-30(27)28(31)21-6-5-7-22(29)16-21/h5-13,16-17,19,27H,4,14-15,18H2,1-3H3. The van der Waals surface area contributed by atoms with E-state index in [9.17, 15) is 9.18 Å². The summed E-state index contributed by atoms with van der Waals surface area (Å²) in [7, 11) is 0. The maximum absolute atomic E-state index is 13.8. The van der Waals surface area contributed by atoms with Crippen LogP contribution in [0.5, 0.6) is 17.2 Å². The van der Waals surface area contributed by atoms with Gasteiger partial charge >= 0.3 is 0 Å². The molecule has 0 bridgehead atoms. The van der Waals surface area contributed by atoms with Crippen molar-refractivity contribution >= 4 is 5.91 Å². The summed E-state index contributed by atoms with van der Waals surface area (Å²) in [5.74, 6) is 1.63. The smallest absolute Gasteiger partial charge is 0.254 e. The number of hydrogen-bond acceptors (Lipinski definition) is 4. The van der Waals surface area contributed by atoms with Gasteiger partial charge in [0.15, 0.2) is 0 Å². The van der Waals surface area contributed by atoms with Gasteiger partial charge in [0.1, 0.15) is 29.7 Å². The molecule has 5 nitrogen and oxygen atoms in total. The van der Waals surface area contributed by atoms with Crippen molar-refractivity contribution in [3.8, 4) is 17.2 Å². The third kappa shape index (κ3) is 5.50. The summed E-state index contributed by atoms with van der Waals surface area (Å²) in [6.45, 7) is 7.29. The number of carbonyl (C=O) groups excluding carboxylic acids is 1. The predicted molar refractivity (Wildman–Crippen MR) is 129 cm³/mol. The van der Waals surface area contributed by atoms with Crippen LogP contribution in [0.1, 0.15) is 48.3 Å². The number of rotatable bonds is 8. The minimum Gasteiger partial charge on any atom is -0.494 e. The normalized spacial score (nSPS) is 15.1. The van der Waals surface area contributed by atoms with Gasteiger partial charge in [-0.2, -0.15) is 0 Å². The number of halogens is 1. The molecule has 0 fully saturated rings. The maximum atomic E-state index is 13.8. The van der Waals surface area contributed by atoms with Gasteiger partial charge in [0.2, 0.25) is 0 Å². The van der Waals surface area contributed by atoms with Gasteiger partial charge in [-0.25, -0.2) is 4.39 Å². The summed E-state index contributed by atoms with van der Waals surface area (Å²) in [5.41, 5.74) is 2.47. The highest BCUT2D eigenvalue weighted by molar-refractivity contribution is 5.94. The molecule has 6 heteroatoms. The van der Waals surface area contributed by atoms with Crippen LogP contribution in [0.15, 0.2) is 66.7 Å². The van der Waals surface area contributed by atoms with Gasteiger partial charge in [0.25, 0.3) is 5.91 Å². The van der Waals surface area contributed by atoms with Crippen LogP contribution in [-0.4, -0.2) is 36.7 Å². The molecule has 1 aliphatic rings. The highest BCUT2D eigenvalue weighted by Gasteiger charge is 2.32. The lowest BCUT2D eigenvalue weighted by Crippen LogP contribution is -2.42. The van der Waals surface area contributed by atoms with E-state index >= 15 is 0 Å². The maximum Gasteiger partial charge on any atom is 0.254 e. The zero-order valence-electron chi connectivity index (χ0n) is 19.8. The van der Waals surface area contributed by atoms with Crippen molar-refractivity contribution in [1.29, 1.82) is 0 Å². The topological polar surface area (TPSA) is 48.0 Å². The van der Waals surface area contributed by atoms with Crippen LogP contribution in [0.25, 0.3) is 0 Å². The Kier molecular flexibility index (Phi) is 7.36. The Morgan fingerprint density at radius 1 is 1.00 bits per heavy atom. The van der Waals surface area contributed by atoms with Crippen LogP contribution < -0.4 is 14.2 Å². The van der Waals surface area contributed by atoms with E-state index < -0.39 is 5.82 Å². The van der Waals surface area contributed by atoms with Crippen LogP contribution in [0.2, 0.25) is 0 Å². The molecule has 0 saturated carbocycles. The van der Waals surface area contributed by atoms with Crippen molar-refractivity contribution in [1.82, 2.24) is 4.90 Å². The van der Waals surface area contributed by atoms with Gasteiger partial charge in [-0.05, 0) is 92.9 Å². The zero-order chi connectivity index (χ0) is 24.1. The fourth-order valence-electron chi connectivity index (χ4n) is 4.22. The van der Waals surface area contributed by atoms with E-state index in [-0.39, 0.29) is 24.7 Å². The number of benzene rings is 3. The average Bonchev–Trinajstić information content (AvgIpc) is 2.82. The molecule has 4 rings (SSSR count). The second-order valence-corrected chi connectivity index (χ2v) is 8.52. The summed E-state index contributed by atoms with van der Waals surface area (Å²) < 4.78 is 31.3. The fraction of sp³-hybridized carbons (Fsp3) is 0.321. The molecule has 1 heterocycles. The number of amides is 1. The van der Waals surface area contributed by atoms with E-state index in [1.54, 1.807) is 17.0 Å². The van der Waals surface area contributed by atoms with Gasteiger partial charge in [0.05, 0.1) is 18.8 Å². The van der Waals surface area contributed by atoms with Gasteiger partial charge in [0, 0.05) is 12.1 Å². The summed E-state index contributed by atoms with van der Waals surface area (Å²) in [5, 5.41) is 0. The molecule has 0 aliphatic carbocycles. The number of fused-ring (bicyclic) bond motifs is 1. The van der Waals surface area contributed by atoms with Crippen LogP contribution in [0.3, 0.4) is 0 Å². The second-order valence-electron chi connectivity index (χ2n) is 8.52. The summed E-state index contributed by atoms with van der Waals surface area (Å²) in [4.78, 5) is 15.1. The van der Waals surface area contributed by atoms with Crippen molar-refractivity contribution in [3.63, 3.8) is 0 Å². The molecule has 0 aromatic heterocycles. The monoisotopic (exact) mass is 463 g/mol. The second kappa shape index (κ2) is 10.6. The van der Waals surface area contributed by atoms with Crippen molar-refractivity contribution in [2.24, 2.45) is 0 Å². The van der Waals surface area contributed by atoms with E-state index in [1.807, 2.05) is 63.2 Å². The van der Waals surface area contributed by atoms with Gasteiger partial charge in [-0.3, -0.25) is 4.79 Å². The zero-order valence-corrected chi connectivity index (χ0v) is 19.8. The summed E-state index contributed by atoms with van der Waals surface area (Å²) >= 11 is 0. The molecule has 3 aromatic rings. The molecule has 0 N–H and O–H groups in total. The van der Waals surface area contributed by atoms with Gasteiger partial charge < -0.3 is 19.1 Å². The molecule has 178 valence electrons. The molecule has 34 heavy (non-hydrogen) atoms. The largest absolute Gasteiger partial charge is 0.494 e. The van der Waals surface area contributed by atoms with Crippen molar-refractivity contribution in [2.75, 3.05) is 19.8 Å². The molecule has 1 amide bonds. The molecule has 1 atom stereocenters. The third-order valence-electron chi connectivity index (χ3n) is 5.72. The number of nitrogens with zero attached hydrogens (tertiary/aromatic N) is 1. The quantitative estimate of drug-likeness (QED) is 0.422. The SMILES string of the molecule is CCOc1ccc(OCC2c3ccc(OC(C)C)cc3CCN2C(=O)c2cccc(F)c2)cc1. The minimum atomic E-state index is -0.430. The van der Waals surface area contributed by atoms with E-state index in [2.05, 4.69) is 0 Å². The Morgan fingerprint density at radius 2 is 1.71 bits per heavy atom. The van der Waals surface area contributed by atoms with Crippen LogP contribution in [0.4, 0.5) is 4.39 Å². The van der Waals surface area contributed by atoms with E-state index in [0.29, 0.717) is 30.9 Å². The third-order valence-corrected chi connectivity index (χ3v) is 5.72. The molecular formula is C28H30FNO4. The summed E-state index contributed by atoms with van der Waals surface area (Å²) in [6, 6.07) is 18.9. The van der Waals surface area contributed by atoms with Crippen molar-refractivity contribution < 1.29 is 23.4 Å². The minimum absolute atomic E-state index is 0.0754. The molecule has 1 unspecified atom stereocenters. The fourth-order valence-corrected chi connectivity index (χ4v) is 4.22. The predicted octanol–water partition coefficient (Wildman–Crippen LogP) is 5.83. The Bertz CT molecular complexity index is 1130. The Balaban J connectivity index is 1.61. The van der Waals surface area contributed by atoms with Gasteiger partial charge in [-0.1, -0.05) is 12.1 Å². The molecule has 0 spiro atoms. The average molecular weight is 464 g/mol. The lowest BCUT2D eigenvalue weighted by molar-refractivity contribution is 0.0589. The van der Waals surface area contributed by atoms with E-state index in [1.165, 1.54) is 12.1 Å². The first-order valence-electron chi connectivity index (χ1n) is 11.7. The van der Waals surface area contributed by atoms with E-state index in [4.69, 9.17) is 14.2 Å². The van der Waals surface area contributed by atoms with Crippen molar-refractivity contribution in [2.45, 2.75) is 39.3 Å². The Hall–Kier alpha value is -3.54. The van der Waals surface area contributed by atoms with E-state index in [0.717, 1.165) is 22.6 Å². The number of hydrogen-bond donors (Lipinski definition) is 0. The van der Waals surface area contributed by atoms with Crippen LogP contribution in [0, 0.1) is 5.82 Å². The molecule has 0 saturated heterocycles. The van der Waals surface area contributed by atoms with Crippen LogP contribution >= 0.6 is 0 Å². The lowest BCUT2D eigenvalue weighted by atomic mass is 9.92. The number of ether oxygens (including phenoxy) is 3. The molecule has 1 aliphatic heterocycles. The molecular weight excluding hydrogens is 433 g/mol. The Morgan fingerprint density at radius 3 is 2.38 bits per heavy atom. The van der Waals surface area contributed by atoms with Crippen LogP contribution in [-0.2, 0) is 6.42 Å². The first-order chi connectivity index (χ1) is 16.4.